The maximum absolute atomic E-state index is 13.0. The van der Waals surface area contributed by atoms with E-state index in [0.717, 1.165) is 72.9 Å². The fourth-order valence-corrected chi connectivity index (χ4v) is 5.06. The molecule has 1 amide bonds. The first-order chi connectivity index (χ1) is 18.5. The minimum absolute atomic E-state index is 0.0742. The standard InChI is InChI=1S/C30H33N5O3/c1-34-10-12-35(13-11-34)29(37)24-16-22-3-2-21(14-23(22)17-24)15-28-32-9-5-26(33-28)27-18-25(4-8-31-27)38-20-30(19-36)6-7-30/h2-5,8-9,14,17-18,36H,6-7,10-13,15-16,19-20H2,1H3. The van der Waals surface area contributed by atoms with E-state index in [1.165, 1.54) is 5.56 Å². The molecule has 6 rings (SSSR count). The van der Waals surface area contributed by atoms with Crippen molar-refractivity contribution in [3.05, 3.63) is 76.9 Å². The second kappa shape index (κ2) is 10.3. The first kappa shape index (κ1) is 24.7. The van der Waals surface area contributed by atoms with Gasteiger partial charge in [0.25, 0.3) is 0 Å². The Morgan fingerprint density at radius 1 is 1.03 bits per heavy atom. The van der Waals surface area contributed by atoms with Gasteiger partial charge in [0.1, 0.15) is 11.6 Å². The van der Waals surface area contributed by atoms with E-state index in [4.69, 9.17) is 9.72 Å². The molecule has 2 aliphatic carbocycles. The van der Waals surface area contributed by atoms with Gasteiger partial charge in [0.05, 0.1) is 24.6 Å². The van der Waals surface area contributed by atoms with Crippen molar-refractivity contribution in [2.24, 2.45) is 5.41 Å². The van der Waals surface area contributed by atoms with Crippen LogP contribution in [-0.4, -0.2) is 82.2 Å². The maximum atomic E-state index is 13.0. The van der Waals surface area contributed by atoms with Crippen molar-refractivity contribution in [2.75, 3.05) is 46.4 Å². The second-order valence-electron chi connectivity index (χ2n) is 10.8. The number of benzene rings is 1. The van der Waals surface area contributed by atoms with Crippen molar-refractivity contribution >= 4 is 12.0 Å². The molecule has 1 saturated heterocycles. The van der Waals surface area contributed by atoms with E-state index in [1.54, 1.807) is 12.4 Å². The van der Waals surface area contributed by atoms with Gasteiger partial charge in [-0.25, -0.2) is 9.97 Å². The summed E-state index contributed by atoms with van der Waals surface area (Å²) < 4.78 is 5.95. The summed E-state index contributed by atoms with van der Waals surface area (Å²) in [7, 11) is 2.10. The molecule has 0 bridgehead atoms. The number of pyridine rings is 1. The van der Waals surface area contributed by atoms with E-state index >= 15 is 0 Å². The van der Waals surface area contributed by atoms with Crippen molar-refractivity contribution in [3.63, 3.8) is 0 Å². The highest BCUT2D eigenvalue weighted by Crippen LogP contribution is 2.45. The SMILES string of the molecule is CN1CCN(C(=O)C2=Cc3cc(Cc4nccc(-c5cc(OCC6(CO)CC6)ccn5)n4)ccc3C2)CC1. The Balaban J connectivity index is 1.14. The average Bonchev–Trinajstić information content (AvgIpc) is 3.62. The molecule has 8 nitrogen and oxygen atoms in total. The number of aliphatic hydroxyl groups excluding tert-OH is 1. The molecule has 0 spiro atoms. The number of hydrogen-bond acceptors (Lipinski definition) is 7. The van der Waals surface area contributed by atoms with E-state index in [1.807, 2.05) is 23.1 Å². The van der Waals surface area contributed by atoms with Gasteiger partial charge in [-0.1, -0.05) is 18.2 Å². The van der Waals surface area contributed by atoms with Crippen LogP contribution in [0.25, 0.3) is 17.5 Å². The molecule has 2 aromatic heterocycles. The first-order valence-electron chi connectivity index (χ1n) is 13.3. The third-order valence-corrected chi connectivity index (χ3v) is 7.89. The lowest BCUT2D eigenvalue weighted by Gasteiger charge is -2.32. The van der Waals surface area contributed by atoms with Gasteiger partial charge in [0.2, 0.25) is 5.91 Å². The van der Waals surface area contributed by atoms with Crippen LogP contribution in [0.4, 0.5) is 0 Å². The highest BCUT2D eigenvalue weighted by atomic mass is 16.5. The molecule has 196 valence electrons. The molecule has 1 aromatic carbocycles. The number of aliphatic hydroxyl groups is 1. The predicted octanol–water partition coefficient (Wildman–Crippen LogP) is 2.99. The molecule has 3 heterocycles. The highest BCUT2D eigenvalue weighted by Gasteiger charge is 2.43. The summed E-state index contributed by atoms with van der Waals surface area (Å²) in [5.74, 6) is 1.60. The molecule has 1 N–H and O–H groups in total. The Morgan fingerprint density at radius 3 is 2.63 bits per heavy atom. The number of hydrogen-bond donors (Lipinski definition) is 1. The Hall–Kier alpha value is -3.62. The molecule has 3 aromatic rings. The lowest BCUT2D eigenvalue weighted by Crippen LogP contribution is -2.47. The zero-order valence-corrected chi connectivity index (χ0v) is 21.8. The van der Waals surface area contributed by atoms with E-state index in [-0.39, 0.29) is 17.9 Å². The van der Waals surface area contributed by atoms with Crippen LogP contribution in [0.5, 0.6) is 5.75 Å². The molecule has 0 atom stereocenters. The van der Waals surface area contributed by atoms with Gasteiger partial charge in [-0.3, -0.25) is 9.78 Å². The van der Waals surface area contributed by atoms with Crippen LogP contribution in [0.2, 0.25) is 0 Å². The van der Waals surface area contributed by atoms with Gasteiger partial charge >= 0.3 is 0 Å². The Kier molecular flexibility index (Phi) is 6.68. The van der Waals surface area contributed by atoms with Crippen LogP contribution in [0, 0.1) is 5.41 Å². The van der Waals surface area contributed by atoms with Crippen LogP contribution in [0.15, 0.2) is 54.4 Å². The summed E-state index contributed by atoms with van der Waals surface area (Å²) in [5, 5.41) is 9.54. The van der Waals surface area contributed by atoms with E-state index in [2.05, 4.69) is 46.2 Å². The van der Waals surface area contributed by atoms with Crippen molar-refractivity contribution in [1.29, 1.82) is 0 Å². The molecule has 2 fully saturated rings. The number of rotatable bonds is 8. The molecule has 0 radical (unpaired) electrons. The average molecular weight is 512 g/mol. The Labute approximate surface area is 223 Å². The molecule has 8 heteroatoms. The first-order valence-corrected chi connectivity index (χ1v) is 13.3. The number of carbonyl (C=O) groups is 1. The molecule has 3 aliphatic rings. The van der Waals surface area contributed by atoms with Crippen LogP contribution >= 0.6 is 0 Å². The fraction of sp³-hybridized carbons (Fsp3) is 0.400. The molecular weight excluding hydrogens is 478 g/mol. The number of ether oxygens (including phenoxy) is 1. The summed E-state index contributed by atoms with van der Waals surface area (Å²) in [6.45, 7) is 4.09. The summed E-state index contributed by atoms with van der Waals surface area (Å²) >= 11 is 0. The molecule has 1 aliphatic heterocycles. The Morgan fingerprint density at radius 2 is 1.84 bits per heavy atom. The van der Waals surface area contributed by atoms with Gasteiger partial charge in [-0.05, 0) is 54.8 Å². The summed E-state index contributed by atoms with van der Waals surface area (Å²) in [5.41, 5.74) is 5.67. The van der Waals surface area contributed by atoms with Crippen molar-refractivity contribution in [3.8, 4) is 17.1 Å². The fourth-order valence-electron chi connectivity index (χ4n) is 5.06. The number of likely N-dealkylation sites (N-methyl/N-ethyl adjacent to an activating group) is 1. The quantitative estimate of drug-likeness (QED) is 0.497. The number of nitrogens with zero attached hydrogens (tertiary/aromatic N) is 5. The van der Waals surface area contributed by atoms with Crippen LogP contribution in [-0.2, 0) is 17.6 Å². The predicted molar refractivity (Wildman–Crippen MR) is 145 cm³/mol. The summed E-state index contributed by atoms with van der Waals surface area (Å²) in [4.78, 5) is 31.0. The molecule has 0 unspecified atom stereocenters. The second-order valence-corrected chi connectivity index (χ2v) is 10.8. The lowest BCUT2D eigenvalue weighted by molar-refractivity contribution is -0.128. The van der Waals surface area contributed by atoms with Crippen molar-refractivity contribution in [2.45, 2.75) is 25.7 Å². The van der Waals surface area contributed by atoms with Gasteiger partial charge in [-0.15, -0.1) is 0 Å². The lowest BCUT2D eigenvalue weighted by atomic mass is 10.0. The largest absolute Gasteiger partial charge is 0.493 e. The number of carbonyl (C=O) groups excluding carboxylic acids is 1. The van der Waals surface area contributed by atoms with Crippen molar-refractivity contribution < 1.29 is 14.6 Å². The van der Waals surface area contributed by atoms with E-state index in [9.17, 15) is 9.90 Å². The summed E-state index contributed by atoms with van der Waals surface area (Å²) in [6.07, 6.45) is 8.82. The van der Waals surface area contributed by atoms with Gasteiger partial charge in [0, 0.05) is 68.5 Å². The molecule has 1 saturated carbocycles. The van der Waals surface area contributed by atoms with E-state index < -0.39 is 0 Å². The van der Waals surface area contributed by atoms with Crippen LogP contribution in [0.3, 0.4) is 0 Å². The maximum Gasteiger partial charge on any atom is 0.250 e. The zero-order valence-electron chi connectivity index (χ0n) is 21.8. The summed E-state index contributed by atoms with van der Waals surface area (Å²) in [6, 6.07) is 12.0. The smallest absolute Gasteiger partial charge is 0.250 e. The highest BCUT2D eigenvalue weighted by molar-refractivity contribution is 6.00. The van der Waals surface area contributed by atoms with E-state index in [0.29, 0.717) is 25.3 Å². The van der Waals surface area contributed by atoms with Gasteiger partial charge < -0.3 is 19.6 Å². The van der Waals surface area contributed by atoms with Crippen LogP contribution in [0.1, 0.15) is 35.4 Å². The number of aromatic nitrogens is 3. The van der Waals surface area contributed by atoms with Gasteiger partial charge in [0.15, 0.2) is 0 Å². The number of fused-ring (bicyclic) bond motifs is 1. The molecule has 38 heavy (non-hydrogen) atoms. The monoisotopic (exact) mass is 511 g/mol. The minimum Gasteiger partial charge on any atom is -0.493 e. The van der Waals surface area contributed by atoms with Crippen LogP contribution < -0.4 is 4.74 Å². The Bertz CT molecular complexity index is 1380. The van der Waals surface area contributed by atoms with Gasteiger partial charge in [-0.2, -0.15) is 0 Å². The topological polar surface area (TPSA) is 91.7 Å². The zero-order chi connectivity index (χ0) is 26.1. The van der Waals surface area contributed by atoms with Crippen molar-refractivity contribution in [1.82, 2.24) is 24.8 Å². The molecular formula is C30H33N5O3. The normalized spacial score (nSPS) is 18.2. The minimum atomic E-state index is -0.0742. The number of piperazine rings is 1. The third kappa shape index (κ3) is 5.33. The third-order valence-electron chi connectivity index (χ3n) is 7.89. The number of amides is 1.